The van der Waals surface area contributed by atoms with Gasteiger partial charge in [-0.15, -0.1) is 0 Å². The Labute approximate surface area is 102 Å². The molecule has 1 N–H and O–H groups in total. The van der Waals surface area contributed by atoms with E-state index < -0.39 is 0 Å². The normalized spacial score (nSPS) is 19.9. The minimum Gasteiger partial charge on any atom is -0.469 e. The second-order valence-corrected chi connectivity index (χ2v) is 4.54. The minimum atomic E-state index is -0.177. The fraction of sp³-hybridized carbons (Fsp3) is 0.500. The number of carbonyl (C=O) groups excluding carboxylic acids is 1. The Bertz CT molecular complexity index is 384. The summed E-state index contributed by atoms with van der Waals surface area (Å²) in [6.07, 6.45) is 2.82. The Kier molecular flexibility index (Phi) is 4.15. The first-order chi connectivity index (χ1) is 8.29. The Balaban J connectivity index is 2.07. The van der Waals surface area contributed by atoms with Crippen LogP contribution in [0.15, 0.2) is 24.3 Å². The van der Waals surface area contributed by atoms with Gasteiger partial charge in [-0.05, 0) is 36.4 Å². The summed E-state index contributed by atoms with van der Waals surface area (Å²) in [6, 6.07) is 8.30. The number of methoxy groups -OCH3 is 1. The van der Waals surface area contributed by atoms with Crippen molar-refractivity contribution >= 4 is 5.97 Å². The predicted molar refractivity (Wildman–Crippen MR) is 67.0 cm³/mol. The molecule has 3 heteroatoms. The molecule has 1 atom stereocenters. The van der Waals surface area contributed by atoms with Gasteiger partial charge in [0, 0.05) is 6.54 Å². The van der Waals surface area contributed by atoms with Crippen molar-refractivity contribution in [2.24, 2.45) is 0 Å². The number of rotatable bonds is 3. The smallest absolute Gasteiger partial charge is 0.309 e. The zero-order chi connectivity index (χ0) is 12.1. The highest BCUT2D eigenvalue weighted by molar-refractivity contribution is 5.72. The largest absolute Gasteiger partial charge is 0.469 e. The molecule has 1 saturated heterocycles. The molecule has 1 aromatic rings. The number of nitrogens with one attached hydrogen (secondary N) is 1. The molecule has 0 radical (unpaired) electrons. The van der Waals surface area contributed by atoms with Crippen LogP contribution in [0.3, 0.4) is 0 Å². The number of piperidine rings is 1. The lowest BCUT2D eigenvalue weighted by molar-refractivity contribution is -0.139. The van der Waals surface area contributed by atoms with Gasteiger partial charge < -0.3 is 10.1 Å². The van der Waals surface area contributed by atoms with Crippen molar-refractivity contribution in [3.8, 4) is 0 Å². The van der Waals surface area contributed by atoms with E-state index in [1.165, 1.54) is 25.5 Å². The number of benzene rings is 1. The fourth-order valence-corrected chi connectivity index (χ4v) is 2.33. The Hall–Kier alpha value is -1.35. The predicted octanol–water partition coefficient (Wildman–Crippen LogP) is 1.87. The molecule has 0 saturated carbocycles. The average molecular weight is 233 g/mol. The lowest BCUT2D eigenvalue weighted by Gasteiger charge is -2.23. The zero-order valence-electron chi connectivity index (χ0n) is 10.2. The minimum absolute atomic E-state index is 0.177. The Morgan fingerprint density at radius 3 is 3.12 bits per heavy atom. The van der Waals surface area contributed by atoms with E-state index >= 15 is 0 Å². The number of carbonyl (C=O) groups is 1. The Morgan fingerprint density at radius 2 is 2.41 bits per heavy atom. The highest BCUT2D eigenvalue weighted by Gasteiger charge is 2.15. The van der Waals surface area contributed by atoms with Crippen molar-refractivity contribution in [1.29, 1.82) is 0 Å². The van der Waals surface area contributed by atoms with Gasteiger partial charge in [-0.2, -0.15) is 0 Å². The molecule has 0 spiro atoms. The summed E-state index contributed by atoms with van der Waals surface area (Å²) >= 11 is 0. The highest BCUT2D eigenvalue weighted by atomic mass is 16.5. The van der Waals surface area contributed by atoms with Gasteiger partial charge in [-0.1, -0.05) is 24.3 Å². The van der Waals surface area contributed by atoms with E-state index in [0.29, 0.717) is 12.3 Å². The van der Waals surface area contributed by atoms with E-state index in [9.17, 15) is 4.79 Å². The van der Waals surface area contributed by atoms with Crippen LogP contribution in [0.5, 0.6) is 0 Å². The van der Waals surface area contributed by atoms with Gasteiger partial charge in [-0.3, -0.25) is 4.79 Å². The molecule has 1 heterocycles. The molecule has 0 unspecified atom stereocenters. The summed E-state index contributed by atoms with van der Waals surface area (Å²) in [5.74, 6) is 0.408. The van der Waals surface area contributed by atoms with Crippen LogP contribution < -0.4 is 5.32 Å². The highest BCUT2D eigenvalue weighted by Crippen LogP contribution is 2.23. The quantitative estimate of drug-likeness (QED) is 0.810. The topological polar surface area (TPSA) is 38.3 Å². The Morgan fingerprint density at radius 1 is 1.53 bits per heavy atom. The summed E-state index contributed by atoms with van der Waals surface area (Å²) < 4.78 is 4.69. The molecule has 3 nitrogen and oxygen atoms in total. The van der Waals surface area contributed by atoms with E-state index in [-0.39, 0.29) is 5.97 Å². The van der Waals surface area contributed by atoms with Crippen LogP contribution >= 0.6 is 0 Å². The van der Waals surface area contributed by atoms with Gasteiger partial charge in [0.25, 0.3) is 0 Å². The maximum Gasteiger partial charge on any atom is 0.309 e. The maximum atomic E-state index is 11.2. The molecule has 92 valence electrons. The summed E-state index contributed by atoms with van der Waals surface area (Å²) in [7, 11) is 1.43. The molecular formula is C14H19NO2. The molecule has 0 bridgehead atoms. The van der Waals surface area contributed by atoms with Gasteiger partial charge >= 0.3 is 5.97 Å². The van der Waals surface area contributed by atoms with Gasteiger partial charge in [0.15, 0.2) is 0 Å². The van der Waals surface area contributed by atoms with Crippen molar-refractivity contribution in [2.75, 3.05) is 20.2 Å². The van der Waals surface area contributed by atoms with E-state index in [0.717, 1.165) is 18.7 Å². The van der Waals surface area contributed by atoms with Crippen LogP contribution in [0.2, 0.25) is 0 Å². The number of hydrogen-bond donors (Lipinski definition) is 1. The third-order valence-corrected chi connectivity index (χ3v) is 3.30. The average Bonchev–Trinajstić information content (AvgIpc) is 2.40. The molecule has 2 rings (SSSR count). The van der Waals surface area contributed by atoms with E-state index in [2.05, 4.69) is 22.2 Å². The van der Waals surface area contributed by atoms with Crippen LogP contribution in [-0.2, 0) is 16.0 Å². The molecule has 1 aromatic carbocycles. The molecule has 1 aliphatic rings. The maximum absolute atomic E-state index is 11.2. The molecular weight excluding hydrogens is 214 g/mol. The zero-order valence-corrected chi connectivity index (χ0v) is 10.2. The van der Waals surface area contributed by atoms with Crippen LogP contribution in [0.4, 0.5) is 0 Å². The van der Waals surface area contributed by atoms with Crippen molar-refractivity contribution in [3.05, 3.63) is 35.4 Å². The molecule has 0 aliphatic carbocycles. The fourth-order valence-electron chi connectivity index (χ4n) is 2.33. The molecule has 0 aromatic heterocycles. The van der Waals surface area contributed by atoms with Gasteiger partial charge in [0.1, 0.15) is 0 Å². The lowest BCUT2D eigenvalue weighted by atomic mass is 9.90. The summed E-state index contributed by atoms with van der Waals surface area (Å²) in [6.45, 7) is 2.17. The van der Waals surface area contributed by atoms with E-state index in [1.54, 1.807) is 0 Å². The van der Waals surface area contributed by atoms with Crippen molar-refractivity contribution in [2.45, 2.75) is 25.2 Å². The van der Waals surface area contributed by atoms with Gasteiger partial charge in [-0.25, -0.2) is 0 Å². The van der Waals surface area contributed by atoms with Crippen LogP contribution in [0.25, 0.3) is 0 Å². The second kappa shape index (κ2) is 5.82. The third-order valence-electron chi connectivity index (χ3n) is 3.30. The first-order valence-corrected chi connectivity index (χ1v) is 6.16. The van der Waals surface area contributed by atoms with Gasteiger partial charge in [0.05, 0.1) is 13.5 Å². The standard InChI is InChI=1S/C14H19NO2/c1-17-14(16)9-11-4-2-5-12(8-11)13-6-3-7-15-10-13/h2,4-5,8,13,15H,3,6-7,9-10H2,1H3/t13-/m0/s1. The lowest BCUT2D eigenvalue weighted by Crippen LogP contribution is -2.28. The van der Waals surface area contributed by atoms with E-state index in [4.69, 9.17) is 0 Å². The van der Waals surface area contributed by atoms with Crippen LogP contribution in [-0.4, -0.2) is 26.2 Å². The van der Waals surface area contributed by atoms with E-state index in [1.807, 2.05) is 12.1 Å². The van der Waals surface area contributed by atoms with Crippen LogP contribution in [0, 0.1) is 0 Å². The van der Waals surface area contributed by atoms with Crippen molar-refractivity contribution in [3.63, 3.8) is 0 Å². The number of esters is 1. The third kappa shape index (κ3) is 3.30. The SMILES string of the molecule is COC(=O)Cc1cccc([C@H]2CCCNC2)c1. The van der Waals surface area contributed by atoms with Crippen molar-refractivity contribution in [1.82, 2.24) is 5.32 Å². The number of hydrogen-bond acceptors (Lipinski definition) is 3. The summed E-state index contributed by atoms with van der Waals surface area (Å²) in [4.78, 5) is 11.2. The molecule has 1 fully saturated rings. The first-order valence-electron chi connectivity index (χ1n) is 6.16. The van der Waals surface area contributed by atoms with Gasteiger partial charge in [0.2, 0.25) is 0 Å². The summed E-state index contributed by atoms with van der Waals surface area (Å²) in [5, 5.41) is 3.41. The second-order valence-electron chi connectivity index (χ2n) is 4.54. The van der Waals surface area contributed by atoms with Crippen molar-refractivity contribution < 1.29 is 9.53 Å². The number of ether oxygens (including phenoxy) is 1. The molecule has 17 heavy (non-hydrogen) atoms. The van der Waals surface area contributed by atoms with Crippen LogP contribution in [0.1, 0.15) is 29.9 Å². The molecule has 1 aliphatic heterocycles. The first kappa shape index (κ1) is 12.1. The monoisotopic (exact) mass is 233 g/mol. The molecule has 0 amide bonds. The summed E-state index contributed by atoms with van der Waals surface area (Å²) in [5.41, 5.74) is 2.37.